The Morgan fingerprint density at radius 1 is 1.50 bits per heavy atom. The van der Waals surface area contributed by atoms with E-state index in [-0.39, 0.29) is 17.6 Å². The molecule has 96 valence electrons. The van der Waals surface area contributed by atoms with Crippen LogP contribution in [-0.2, 0) is 6.54 Å². The molecule has 5 heteroatoms. The first-order valence-corrected chi connectivity index (χ1v) is 6.69. The molecule has 3 nitrogen and oxygen atoms in total. The second-order valence-corrected chi connectivity index (χ2v) is 4.91. The SMILES string of the molecule is CCC(NCc1cc(F)ccc1O)c1nccs1. The molecule has 1 aromatic carbocycles. The molecule has 0 fully saturated rings. The van der Waals surface area contributed by atoms with Gasteiger partial charge < -0.3 is 10.4 Å². The Balaban J connectivity index is 2.04. The van der Waals surface area contributed by atoms with Crippen molar-refractivity contribution in [2.75, 3.05) is 0 Å². The zero-order valence-corrected chi connectivity index (χ0v) is 10.9. The van der Waals surface area contributed by atoms with Crippen molar-refractivity contribution in [3.8, 4) is 5.75 Å². The van der Waals surface area contributed by atoms with Gasteiger partial charge in [0.25, 0.3) is 0 Å². The molecule has 2 aromatic rings. The van der Waals surface area contributed by atoms with Crippen LogP contribution in [0.25, 0.3) is 0 Å². The lowest BCUT2D eigenvalue weighted by Gasteiger charge is -2.15. The number of halogens is 1. The lowest BCUT2D eigenvalue weighted by molar-refractivity contribution is 0.451. The van der Waals surface area contributed by atoms with Crippen LogP contribution >= 0.6 is 11.3 Å². The van der Waals surface area contributed by atoms with Crippen LogP contribution in [0.5, 0.6) is 5.75 Å². The minimum absolute atomic E-state index is 0.109. The third-order valence-corrected chi connectivity index (χ3v) is 3.63. The fraction of sp³-hybridized carbons (Fsp3) is 0.308. The first-order chi connectivity index (χ1) is 8.70. The summed E-state index contributed by atoms with van der Waals surface area (Å²) in [5, 5.41) is 15.8. The Kier molecular flexibility index (Phi) is 4.28. The van der Waals surface area contributed by atoms with Gasteiger partial charge in [-0.2, -0.15) is 0 Å². The van der Waals surface area contributed by atoms with Crippen LogP contribution in [0.15, 0.2) is 29.8 Å². The van der Waals surface area contributed by atoms with Crippen LogP contribution in [0, 0.1) is 5.82 Å². The van der Waals surface area contributed by atoms with Gasteiger partial charge in [0.05, 0.1) is 6.04 Å². The van der Waals surface area contributed by atoms with E-state index in [1.165, 1.54) is 18.2 Å². The largest absolute Gasteiger partial charge is 0.508 e. The number of hydrogen-bond acceptors (Lipinski definition) is 4. The summed E-state index contributed by atoms with van der Waals surface area (Å²) in [5.74, 6) is -0.232. The highest BCUT2D eigenvalue weighted by molar-refractivity contribution is 7.09. The maximum Gasteiger partial charge on any atom is 0.123 e. The maximum absolute atomic E-state index is 13.1. The van der Waals surface area contributed by atoms with E-state index < -0.39 is 0 Å². The normalized spacial score (nSPS) is 12.6. The molecule has 2 rings (SSSR count). The first kappa shape index (κ1) is 13.0. The fourth-order valence-corrected chi connectivity index (χ4v) is 2.54. The van der Waals surface area contributed by atoms with E-state index >= 15 is 0 Å². The molecule has 0 saturated carbocycles. The molecule has 18 heavy (non-hydrogen) atoms. The van der Waals surface area contributed by atoms with E-state index in [0.717, 1.165) is 11.4 Å². The van der Waals surface area contributed by atoms with Crippen molar-refractivity contribution in [1.29, 1.82) is 0 Å². The number of phenols is 1. The van der Waals surface area contributed by atoms with Gasteiger partial charge in [-0.3, -0.25) is 0 Å². The number of benzene rings is 1. The maximum atomic E-state index is 13.1. The van der Waals surface area contributed by atoms with E-state index in [0.29, 0.717) is 12.1 Å². The summed E-state index contributed by atoms with van der Waals surface area (Å²) in [6, 6.07) is 4.09. The second-order valence-electron chi connectivity index (χ2n) is 3.99. The molecular formula is C13H15FN2OS. The Morgan fingerprint density at radius 2 is 2.33 bits per heavy atom. The molecule has 0 aliphatic heterocycles. The molecule has 0 saturated heterocycles. The Hall–Kier alpha value is -1.46. The zero-order chi connectivity index (χ0) is 13.0. The number of nitrogens with zero attached hydrogens (tertiary/aromatic N) is 1. The molecule has 1 unspecified atom stereocenters. The summed E-state index contributed by atoms with van der Waals surface area (Å²) >= 11 is 1.59. The van der Waals surface area contributed by atoms with Crippen molar-refractivity contribution < 1.29 is 9.50 Å². The number of nitrogens with one attached hydrogen (secondary N) is 1. The number of phenolic OH excluding ortho intramolecular Hbond substituents is 1. The zero-order valence-electron chi connectivity index (χ0n) is 10.1. The van der Waals surface area contributed by atoms with E-state index in [4.69, 9.17) is 0 Å². The molecular weight excluding hydrogens is 251 g/mol. The minimum Gasteiger partial charge on any atom is -0.508 e. The molecule has 1 atom stereocenters. The quantitative estimate of drug-likeness (QED) is 0.873. The number of hydrogen-bond donors (Lipinski definition) is 2. The molecule has 0 amide bonds. The van der Waals surface area contributed by atoms with E-state index in [1.807, 2.05) is 5.38 Å². The highest BCUT2D eigenvalue weighted by Crippen LogP contribution is 2.22. The molecule has 0 aliphatic carbocycles. The smallest absolute Gasteiger partial charge is 0.123 e. The topological polar surface area (TPSA) is 45.1 Å². The van der Waals surface area contributed by atoms with Crippen molar-refractivity contribution in [3.05, 3.63) is 46.2 Å². The van der Waals surface area contributed by atoms with Crippen molar-refractivity contribution >= 4 is 11.3 Å². The molecule has 0 bridgehead atoms. The number of aromatic hydroxyl groups is 1. The summed E-state index contributed by atoms with van der Waals surface area (Å²) in [4.78, 5) is 4.26. The summed E-state index contributed by atoms with van der Waals surface area (Å²) < 4.78 is 13.1. The average molecular weight is 266 g/mol. The Bertz CT molecular complexity index is 502. The van der Waals surface area contributed by atoms with E-state index in [9.17, 15) is 9.50 Å². The van der Waals surface area contributed by atoms with Crippen LogP contribution in [0.3, 0.4) is 0 Å². The van der Waals surface area contributed by atoms with Gasteiger partial charge in [-0.15, -0.1) is 11.3 Å². The predicted octanol–water partition coefficient (Wildman–Crippen LogP) is 3.23. The molecule has 1 heterocycles. The average Bonchev–Trinajstić information content (AvgIpc) is 2.88. The highest BCUT2D eigenvalue weighted by Gasteiger charge is 2.12. The van der Waals surface area contributed by atoms with Gasteiger partial charge in [-0.1, -0.05) is 6.92 Å². The minimum atomic E-state index is -0.341. The van der Waals surface area contributed by atoms with Gasteiger partial charge in [-0.05, 0) is 24.6 Å². The van der Waals surface area contributed by atoms with Crippen molar-refractivity contribution in [1.82, 2.24) is 10.3 Å². The third kappa shape index (κ3) is 3.05. The summed E-state index contributed by atoms with van der Waals surface area (Å²) in [6.07, 6.45) is 2.66. The van der Waals surface area contributed by atoms with Crippen molar-refractivity contribution in [2.45, 2.75) is 25.9 Å². The summed E-state index contributed by atoms with van der Waals surface area (Å²) in [6.45, 7) is 2.48. The molecule has 1 aromatic heterocycles. The second kappa shape index (κ2) is 5.93. The lowest BCUT2D eigenvalue weighted by atomic mass is 10.1. The van der Waals surface area contributed by atoms with Crippen LogP contribution in [0.2, 0.25) is 0 Å². The molecule has 0 aliphatic rings. The Labute approximate surface area is 109 Å². The number of rotatable bonds is 5. The van der Waals surface area contributed by atoms with Crippen LogP contribution in [0.1, 0.15) is 30.0 Å². The predicted molar refractivity (Wildman–Crippen MR) is 70.1 cm³/mol. The summed E-state index contributed by atoms with van der Waals surface area (Å²) in [5.41, 5.74) is 0.560. The van der Waals surface area contributed by atoms with Gasteiger partial charge in [0, 0.05) is 23.7 Å². The van der Waals surface area contributed by atoms with Gasteiger partial charge in [0.15, 0.2) is 0 Å². The number of thiazole rings is 1. The monoisotopic (exact) mass is 266 g/mol. The number of aromatic nitrogens is 1. The van der Waals surface area contributed by atoms with Crippen LogP contribution < -0.4 is 5.32 Å². The highest BCUT2D eigenvalue weighted by atomic mass is 32.1. The molecule has 2 N–H and O–H groups in total. The van der Waals surface area contributed by atoms with Gasteiger partial charge >= 0.3 is 0 Å². The standard InChI is InChI=1S/C13H15FN2OS/c1-2-11(13-15-5-6-18-13)16-8-9-7-10(14)3-4-12(9)17/h3-7,11,16-17H,2,8H2,1H3. The van der Waals surface area contributed by atoms with Crippen LogP contribution in [-0.4, -0.2) is 10.1 Å². The third-order valence-electron chi connectivity index (χ3n) is 2.74. The molecule has 0 spiro atoms. The van der Waals surface area contributed by atoms with Gasteiger partial charge in [0.2, 0.25) is 0 Å². The Morgan fingerprint density at radius 3 is 3.00 bits per heavy atom. The van der Waals surface area contributed by atoms with Crippen LogP contribution in [0.4, 0.5) is 4.39 Å². The lowest BCUT2D eigenvalue weighted by Crippen LogP contribution is -2.20. The van der Waals surface area contributed by atoms with Gasteiger partial charge in [0.1, 0.15) is 16.6 Å². The first-order valence-electron chi connectivity index (χ1n) is 5.81. The van der Waals surface area contributed by atoms with Crippen molar-refractivity contribution in [3.63, 3.8) is 0 Å². The molecule has 0 radical (unpaired) electrons. The van der Waals surface area contributed by atoms with E-state index in [2.05, 4.69) is 17.2 Å². The summed E-state index contributed by atoms with van der Waals surface area (Å²) in [7, 11) is 0. The van der Waals surface area contributed by atoms with Crippen molar-refractivity contribution in [2.24, 2.45) is 0 Å². The van der Waals surface area contributed by atoms with E-state index in [1.54, 1.807) is 17.5 Å². The fourth-order valence-electron chi connectivity index (χ4n) is 1.74. The van der Waals surface area contributed by atoms with Gasteiger partial charge in [-0.25, -0.2) is 9.37 Å².